The molecule has 1 amide bonds. The Morgan fingerprint density at radius 3 is 2.84 bits per heavy atom. The van der Waals surface area contributed by atoms with E-state index in [1.807, 2.05) is 18.2 Å². The van der Waals surface area contributed by atoms with Gasteiger partial charge in [-0.15, -0.1) is 0 Å². The van der Waals surface area contributed by atoms with Crippen molar-refractivity contribution >= 4 is 11.6 Å². The van der Waals surface area contributed by atoms with Crippen LogP contribution in [0.2, 0.25) is 0 Å². The van der Waals surface area contributed by atoms with Crippen molar-refractivity contribution < 1.29 is 9.53 Å². The SMILES string of the molecule is CCCCc1cc(NC(C)=O)ccc1OCC1CC1. The van der Waals surface area contributed by atoms with E-state index in [-0.39, 0.29) is 5.91 Å². The number of unbranched alkanes of at least 4 members (excludes halogenated alkanes) is 1. The Bertz CT molecular complexity index is 438. The largest absolute Gasteiger partial charge is 0.493 e. The molecule has 0 saturated heterocycles. The van der Waals surface area contributed by atoms with Gasteiger partial charge in [0.2, 0.25) is 5.91 Å². The smallest absolute Gasteiger partial charge is 0.221 e. The number of hydrogen-bond acceptors (Lipinski definition) is 2. The van der Waals surface area contributed by atoms with Gasteiger partial charge < -0.3 is 10.1 Å². The van der Waals surface area contributed by atoms with Gasteiger partial charge in [0.05, 0.1) is 6.61 Å². The van der Waals surface area contributed by atoms with E-state index in [1.54, 1.807) is 0 Å². The van der Waals surface area contributed by atoms with Crippen LogP contribution in [0.4, 0.5) is 5.69 Å². The first-order valence-electron chi connectivity index (χ1n) is 7.22. The van der Waals surface area contributed by atoms with Gasteiger partial charge in [-0.25, -0.2) is 0 Å². The molecule has 1 N–H and O–H groups in total. The second kappa shape index (κ2) is 6.60. The molecule has 0 aromatic heterocycles. The molecule has 1 aromatic rings. The number of amides is 1. The lowest BCUT2D eigenvalue weighted by molar-refractivity contribution is -0.114. The van der Waals surface area contributed by atoms with Crippen molar-refractivity contribution in [1.82, 2.24) is 0 Å². The summed E-state index contributed by atoms with van der Waals surface area (Å²) in [5, 5.41) is 2.83. The summed E-state index contributed by atoms with van der Waals surface area (Å²) in [6.07, 6.45) is 5.90. The minimum atomic E-state index is -0.0342. The van der Waals surface area contributed by atoms with Gasteiger partial charge in [0.25, 0.3) is 0 Å². The van der Waals surface area contributed by atoms with Crippen LogP contribution in [-0.2, 0) is 11.2 Å². The highest BCUT2D eigenvalue weighted by Crippen LogP contribution is 2.31. The molecule has 0 bridgehead atoms. The van der Waals surface area contributed by atoms with Crippen LogP contribution in [0.25, 0.3) is 0 Å². The van der Waals surface area contributed by atoms with E-state index in [4.69, 9.17) is 4.74 Å². The number of hydrogen-bond donors (Lipinski definition) is 1. The summed E-state index contributed by atoms with van der Waals surface area (Å²) in [5.74, 6) is 1.71. The fourth-order valence-corrected chi connectivity index (χ4v) is 2.06. The van der Waals surface area contributed by atoms with Gasteiger partial charge in [-0.1, -0.05) is 13.3 Å². The molecule has 0 atom stereocenters. The van der Waals surface area contributed by atoms with Gasteiger partial charge in [0.15, 0.2) is 0 Å². The van der Waals surface area contributed by atoms with Crippen molar-refractivity contribution in [1.29, 1.82) is 0 Å². The lowest BCUT2D eigenvalue weighted by Gasteiger charge is -2.13. The maximum absolute atomic E-state index is 11.1. The monoisotopic (exact) mass is 261 g/mol. The topological polar surface area (TPSA) is 38.3 Å². The maximum Gasteiger partial charge on any atom is 0.221 e. The van der Waals surface area contributed by atoms with Gasteiger partial charge >= 0.3 is 0 Å². The van der Waals surface area contributed by atoms with Crippen LogP contribution in [0.1, 0.15) is 45.1 Å². The quantitative estimate of drug-likeness (QED) is 0.811. The van der Waals surface area contributed by atoms with Gasteiger partial charge in [0, 0.05) is 12.6 Å². The summed E-state index contributed by atoms with van der Waals surface area (Å²) in [4.78, 5) is 11.1. The molecule has 1 aliphatic carbocycles. The Morgan fingerprint density at radius 1 is 1.42 bits per heavy atom. The number of benzene rings is 1. The first-order chi connectivity index (χ1) is 9.19. The molecule has 1 fully saturated rings. The highest BCUT2D eigenvalue weighted by molar-refractivity contribution is 5.88. The molecule has 0 spiro atoms. The van der Waals surface area contributed by atoms with E-state index in [0.29, 0.717) is 0 Å². The van der Waals surface area contributed by atoms with Crippen molar-refractivity contribution in [3.05, 3.63) is 23.8 Å². The van der Waals surface area contributed by atoms with Crippen LogP contribution in [0.5, 0.6) is 5.75 Å². The summed E-state index contributed by atoms with van der Waals surface area (Å²) >= 11 is 0. The predicted octanol–water partition coefficient (Wildman–Crippen LogP) is 3.78. The summed E-state index contributed by atoms with van der Waals surface area (Å²) in [6, 6.07) is 5.94. The zero-order valence-electron chi connectivity index (χ0n) is 11.9. The maximum atomic E-state index is 11.1. The second-order valence-electron chi connectivity index (χ2n) is 5.36. The summed E-state index contributed by atoms with van der Waals surface area (Å²) < 4.78 is 5.91. The lowest BCUT2D eigenvalue weighted by Crippen LogP contribution is -2.07. The number of anilines is 1. The number of carbonyl (C=O) groups is 1. The number of ether oxygens (including phenoxy) is 1. The Kier molecular flexibility index (Phi) is 4.83. The van der Waals surface area contributed by atoms with Crippen molar-refractivity contribution in [3.63, 3.8) is 0 Å². The van der Waals surface area contributed by atoms with E-state index >= 15 is 0 Å². The van der Waals surface area contributed by atoms with Gasteiger partial charge in [0.1, 0.15) is 5.75 Å². The standard InChI is InChI=1S/C16H23NO2/c1-3-4-5-14-10-15(17-12(2)18)8-9-16(14)19-11-13-6-7-13/h8-10,13H,3-7,11H2,1-2H3,(H,17,18). The van der Waals surface area contributed by atoms with Crippen LogP contribution in [-0.4, -0.2) is 12.5 Å². The third-order valence-corrected chi connectivity index (χ3v) is 3.35. The Balaban J connectivity index is 2.07. The number of carbonyl (C=O) groups excluding carboxylic acids is 1. The number of rotatable bonds is 7. The molecule has 1 aromatic carbocycles. The number of nitrogens with one attached hydrogen (secondary N) is 1. The van der Waals surface area contributed by atoms with Crippen LogP contribution in [0.3, 0.4) is 0 Å². The fourth-order valence-electron chi connectivity index (χ4n) is 2.06. The molecule has 1 saturated carbocycles. The molecule has 0 aliphatic heterocycles. The lowest BCUT2D eigenvalue weighted by atomic mass is 10.1. The molecular formula is C16H23NO2. The van der Waals surface area contributed by atoms with Crippen molar-refractivity contribution in [2.75, 3.05) is 11.9 Å². The van der Waals surface area contributed by atoms with Crippen LogP contribution >= 0.6 is 0 Å². The molecule has 104 valence electrons. The molecule has 0 heterocycles. The zero-order chi connectivity index (χ0) is 13.7. The van der Waals surface area contributed by atoms with Crippen molar-refractivity contribution in [2.24, 2.45) is 5.92 Å². The van der Waals surface area contributed by atoms with E-state index in [0.717, 1.165) is 43.2 Å². The van der Waals surface area contributed by atoms with Crippen LogP contribution < -0.4 is 10.1 Å². The van der Waals surface area contributed by atoms with E-state index in [2.05, 4.69) is 12.2 Å². The van der Waals surface area contributed by atoms with Crippen LogP contribution in [0, 0.1) is 5.92 Å². The van der Waals surface area contributed by atoms with Gasteiger partial charge in [-0.2, -0.15) is 0 Å². The Labute approximate surface area is 115 Å². The summed E-state index contributed by atoms with van der Waals surface area (Å²) in [6.45, 7) is 4.55. The highest BCUT2D eigenvalue weighted by atomic mass is 16.5. The molecule has 19 heavy (non-hydrogen) atoms. The molecule has 3 heteroatoms. The van der Waals surface area contributed by atoms with Gasteiger partial charge in [-0.3, -0.25) is 4.79 Å². The minimum Gasteiger partial charge on any atom is -0.493 e. The van der Waals surface area contributed by atoms with E-state index in [9.17, 15) is 4.79 Å². The van der Waals surface area contributed by atoms with Crippen LogP contribution in [0.15, 0.2) is 18.2 Å². The first-order valence-corrected chi connectivity index (χ1v) is 7.22. The third-order valence-electron chi connectivity index (χ3n) is 3.35. The molecule has 2 rings (SSSR count). The third kappa shape index (κ3) is 4.58. The molecule has 0 radical (unpaired) electrons. The summed E-state index contributed by atoms with van der Waals surface area (Å²) in [5.41, 5.74) is 2.06. The Hall–Kier alpha value is -1.51. The zero-order valence-corrected chi connectivity index (χ0v) is 11.9. The second-order valence-corrected chi connectivity index (χ2v) is 5.36. The van der Waals surface area contributed by atoms with E-state index in [1.165, 1.54) is 25.3 Å². The number of aryl methyl sites for hydroxylation is 1. The van der Waals surface area contributed by atoms with Gasteiger partial charge in [-0.05, 0) is 55.4 Å². The molecule has 1 aliphatic rings. The Morgan fingerprint density at radius 2 is 2.21 bits per heavy atom. The molecule has 3 nitrogen and oxygen atoms in total. The van der Waals surface area contributed by atoms with Crippen molar-refractivity contribution in [3.8, 4) is 5.75 Å². The first kappa shape index (κ1) is 13.9. The summed E-state index contributed by atoms with van der Waals surface area (Å²) in [7, 11) is 0. The highest BCUT2D eigenvalue weighted by Gasteiger charge is 2.22. The average molecular weight is 261 g/mol. The van der Waals surface area contributed by atoms with Crippen molar-refractivity contribution in [2.45, 2.75) is 46.0 Å². The fraction of sp³-hybridized carbons (Fsp3) is 0.562. The van der Waals surface area contributed by atoms with E-state index < -0.39 is 0 Å². The predicted molar refractivity (Wildman–Crippen MR) is 77.6 cm³/mol. The average Bonchev–Trinajstić information content (AvgIpc) is 3.18. The normalized spacial score (nSPS) is 14.2. The molecular weight excluding hydrogens is 238 g/mol. The minimum absolute atomic E-state index is 0.0342. The molecule has 0 unspecified atom stereocenters.